The van der Waals surface area contributed by atoms with Gasteiger partial charge in [-0.25, -0.2) is 0 Å². The molecule has 1 saturated heterocycles. The van der Waals surface area contributed by atoms with Gasteiger partial charge in [0.15, 0.2) is 0 Å². The Kier molecular flexibility index (Phi) is 6.53. The molecular formula is C22H27N3O3. The first-order valence-electron chi connectivity index (χ1n) is 9.63. The van der Waals surface area contributed by atoms with E-state index in [0.717, 1.165) is 31.6 Å². The number of piperidine rings is 1. The monoisotopic (exact) mass is 381 g/mol. The molecule has 148 valence electrons. The van der Waals surface area contributed by atoms with Crippen LogP contribution in [0.2, 0.25) is 0 Å². The van der Waals surface area contributed by atoms with Crippen molar-refractivity contribution in [3.8, 4) is 5.75 Å². The molecule has 3 rings (SSSR count). The predicted octanol–water partition coefficient (Wildman–Crippen LogP) is 3.62. The highest BCUT2D eigenvalue weighted by Crippen LogP contribution is 2.23. The first kappa shape index (κ1) is 19.7. The SMILES string of the molecule is COc1ccccc1NCC(=O)Nc1cccc(C(=O)N2CCC(C)CC2)c1. The quantitative estimate of drug-likeness (QED) is 0.802. The summed E-state index contributed by atoms with van der Waals surface area (Å²) in [7, 11) is 1.59. The minimum atomic E-state index is -0.192. The minimum Gasteiger partial charge on any atom is -0.495 e. The standard InChI is InChI=1S/C22H27N3O3/c1-16-10-12-25(13-11-16)22(27)17-6-5-7-18(14-17)24-21(26)15-23-19-8-3-4-9-20(19)28-2/h3-9,14,16,23H,10-13,15H2,1-2H3,(H,24,26). The van der Waals surface area contributed by atoms with Gasteiger partial charge in [0.2, 0.25) is 5.91 Å². The molecule has 6 nitrogen and oxygen atoms in total. The second-order valence-corrected chi connectivity index (χ2v) is 7.16. The lowest BCUT2D eigenvalue weighted by atomic mass is 9.98. The van der Waals surface area contributed by atoms with Gasteiger partial charge < -0.3 is 20.3 Å². The first-order chi connectivity index (χ1) is 13.6. The van der Waals surface area contributed by atoms with Crippen LogP contribution in [0.1, 0.15) is 30.1 Å². The smallest absolute Gasteiger partial charge is 0.253 e. The number of likely N-dealkylation sites (tertiary alicyclic amines) is 1. The third-order valence-corrected chi connectivity index (χ3v) is 5.01. The van der Waals surface area contributed by atoms with Crippen LogP contribution in [-0.4, -0.2) is 43.5 Å². The Bertz CT molecular complexity index is 829. The highest BCUT2D eigenvalue weighted by Gasteiger charge is 2.21. The van der Waals surface area contributed by atoms with Gasteiger partial charge in [0.25, 0.3) is 5.91 Å². The molecule has 0 atom stereocenters. The Hall–Kier alpha value is -3.02. The lowest BCUT2D eigenvalue weighted by Gasteiger charge is -2.30. The maximum Gasteiger partial charge on any atom is 0.253 e. The zero-order chi connectivity index (χ0) is 19.9. The van der Waals surface area contributed by atoms with Gasteiger partial charge in [0.05, 0.1) is 19.3 Å². The summed E-state index contributed by atoms with van der Waals surface area (Å²) in [5, 5.41) is 5.91. The van der Waals surface area contributed by atoms with Crippen molar-refractivity contribution in [2.24, 2.45) is 5.92 Å². The van der Waals surface area contributed by atoms with E-state index < -0.39 is 0 Å². The predicted molar refractivity (Wildman–Crippen MR) is 111 cm³/mol. The average Bonchev–Trinajstić information content (AvgIpc) is 2.72. The summed E-state index contributed by atoms with van der Waals surface area (Å²) in [6.07, 6.45) is 2.08. The molecular weight excluding hydrogens is 354 g/mol. The van der Waals surface area contributed by atoms with Crippen molar-refractivity contribution < 1.29 is 14.3 Å². The molecule has 6 heteroatoms. The van der Waals surface area contributed by atoms with Crippen molar-refractivity contribution in [2.75, 3.05) is 37.4 Å². The van der Waals surface area contributed by atoms with Crippen LogP contribution in [0, 0.1) is 5.92 Å². The van der Waals surface area contributed by atoms with Crippen molar-refractivity contribution in [1.29, 1.82) is 0 Å². The van der Waals surface area contributed by atoms with Crippen LogP contribution in [0.4, 0.5) is 11.4 Å². The summed E-state index contributed by atoms with van der Waals surface area (Å²) >= 11 is 0. The normalized spacial score (nSPS) is 14.4. The van der Waals surface area contributed by atoms with Crippen LogP contribution in [0.5, 0.6) is 5.75 Å². The number of carbonyl (C=O) groups excluding carboxylic acids is 2. The zero-order valence-electron chi connectivity index (χ0n) is 16.4. The number of nitrogens with one attached hydrogen (secondary N) is 2. The van der Waals surface area contributed by atoms with Crippen LogP contribution in [0.3, 0.4) is 0 Å². The Morgan fingerprint density at radius 3 is 2.61 bits per heavy atom. The molecule has 0 aliphatic carbocycles. The van der Waals surface area contributed by atoms with E-state index in [2.05, 4.69) is 17.6 Å². The van der Waals surface area contributed by atoms with Gasteiger partial charge in [-0.05, 0) is 49.1 Å². The zero-order valence-corrected chi connectivity index (χ0v) is 16.4. The summed E-state index contributed by atoms with van der Waals surface area (Å²) in [5.41, 5.74) is 1.97. The molecule has 0 saturated carbocycles. The molecule has 1 aliphatic rings. The Morgan fingerprint density at radius 1 is 1.11 bits per heavy atom. The summed E-state index contributed by atoms with van der Waals surface area (Å²) in [6, 6.07) is 14.5. The second-order valence-electron chi connectivity index (χ2n) is 7.16. The number of nitrogens with zero attached hydrogens (tertiary/aromatic N) is 1. The van der Waals surface area contributed by atoms with Crippen molar-refractivity contribution in [2.45, 2.75) is 19.8 Å². The molecule has 0 bridgehead atoms. The number of para-hydroxylation sites is 2. The largest absolute Gasteiger partial charge is 0.495 e. The molecule has 2 amide bonds. The van der Waals surface area contributed by atoms with E-state index in [1.165, 1.54) is 0 Å². The Morgan fingerprint density at radius 2 is 1.86 bits per heavy atom. The number of ether oxygens (including phenoxy) is 1. The lowest BCUT2D eigenvalue weighted by molar-refractivity contribution is -0.114. The molecule has 0 spiro atoms. The van der Waals surface area contributed by atoms with E-state index in [0.29, 0.717) is 22.9 Å². The topological polar surface area (TPSA) is 70.7 Å². The van der Waals surface area contributed by atoms with E-state index >= 15 is 0 Å². The number of hydrogen-bond donors (Lipinski definition) is 2. The van der Waals surface area contributed by atoms with Crippen LogP contribution in [-0.2, 0) is 4.79 Å². The van der Waals surface area contributed by atoms with Gasteiger partial charge in [0, 0.05) is 24.3 Å². The summed E-state index contributed by atoms with van der Waals surface area (Å²) < 4.78 is 5.27. The highest BCUT2D eigenvalue weighted by molar-refractivity contribution is 5.98. The highest BCUT2D eigenvalue weighted by atomic mass is 16.5. The minimum absolute atomic E-state index is 0.0233. The Labute approximate surface area is 165 Å². The van der Waals surface area contributed by atoms with Crippen LogP contribution >= 0.6 is 0 Å². The average molecular weight is 381 g/mol. The van der Waals surface area contributed by atoms with Gasteiger partial charge >= 0.3 is 0 Å². The number of benzene rings is 2. The number of methoxy groups -OCH3 is 1. The number of amides is 2. The molecule has 2 aromatic carbocycles. The fourth-order valence-corrected chi connectivity index (χ4v) is 3.30. The summed E-state index contributed by atoms with van der Waals surface area (Å²) in [4.78, 5) is 26.9. The number of anilines is 2. The molecule has 0 radical (unpaired) electrons. The molecule has 1 heterocycles. The first-order valence-corrected chi connectivity index (χ1v) is 9.63. The maximum absolute atomic E-state index is 12.7. The van der Waals surface area contributed by atoms with Gasteiger partial charge in [-0.2, -0.15) is 0 Å². The lowest BCUT2D eigenvalue weighted by Crippen LogP contribution is -2.37. The molecule has 2 N–H and O–H groups in total. The molecule has 1 aliphatic heterocycles. The molecule has 0 aromatic heterocycles. The fraction of sp³-hybridized carbons (Fsp3) is 0.364. The summed E-state index contributed by atoms with van der Waals surface area (Å²) in [6.45, 7) is 3.90. The van der Waals surface area contributed by atoms with Gasteiger partial charge in [-0.3, -0.25) is 9.59 Å². The van der Waals surface area contributed by atoms with Gasteiger partial charge in [-0.1, -0.05) is 25.1 Å². The third kappa shape index (κ3) is 5.03. The van der Waals surface area contributed by atoms with Crippen LogP contribution in [0.15, 0.2) is 48.5 Å². The van der Waals surface area contributed by atoms with Crippen molar-refractivity contribution in [3.63, 3.8) is 0 Å². The number of carbonyl (C=O) groups is 2. The van der Waals surface area contributed by atoms with E-state index in [4.69, 9.17) is 4.74 Å². The number of rotatable bonds is 6. The molecule has 2 aromatic rings. The fourth-order valence-electron chi connectivity index (χ4n) is 3.30. The molecule has 0 unspecified atom stereocenters. The van der Waals surface area contributed by atoms with Crippen LogP contribution in [0.25, 0.3) is 0 Å². The second kappa shape index (κ2) is 9.26. The van der Waals surface area contributed by atoms with E-state index in [1.54, 1.807) is 31.4 Å². The van der Waals surface area contributed by atoms with Crippen molar-refractivity contribution in [1.82, 2.24) is 4.90 Å². The molecule has 1 fully saturated rings. The van der Waals surface area contributed by atoms with E-state index in [1.807, 2.05) is 29.2 Å². The third-order valence-electron chi connectivity index (χ3n) is 5.01. The van der Waals surface area contributed by atoms with Crippen LogP contribution < -0.4 is 15.4 Å². The van der Waals surface area contributed by atoms with E-state index in [-0.39, 0.29) is 18.4 Å². The van der Waals surface area contributed by atoms with Gasteiger partial charge in [-0.15, -0.1) is 0 Å². The Balaban J connectivity index is 1.58. The summed E-state index contributed by atoms with van der Waals surface area (Å²) in [5.74, 6) is 1.18. The maximum atomic E-state index is 12.7. The molecule has 28 heavy (non-hydrogen) atoms. The van der Waals surface area contributed by atoms with Crippen molar-refractivity contribution >= 4 is 23.2 Å². The van der Waals surface area contributed by atoms with Crippen molar-refractivity contribution in [3.05, 3.63) is 54.1 Å². The number of hydrogen-bond acceptors (Lipinski definition) is 4. The van der Waals surface area contributed by atoms with Gasteiger partial charge in [0.1, 0.15) is 5.75 Å². The van der Waals surface area contributed by atoms with E-state index in [9.17, 15) is 9.59 Å².